The van der Waals surface area contributed by atoms with E-state index in [0.29, 0.717) is 19.9 Å². The second-order valence-corrected chi connectivity index (χ2v) is 8.17. The Morgan fingerprint density at radius 2 is 2.08 bits per heavy atom. The van der Waals surface area contributed by atoms with Crippen LogP contribution in [0, 0.1) is 3.57 Å². The van der Waals surface area contributed by atoms with E-state index in [1.165, 1.54) is 16.7 Å². The molecule has 1 amide bonds. The molecule has 1 saturated heterocycles. The lowest BCUT2D eigenvalue weighted by atomic mass is 10.2. The van der Waals surface area contributed by atoms with Crippen molar-refractivity contribution in [3.05, 3.63) is 61.5 Å². The van der Waals surface area contributed by atoms with Crippen LogP contribution in [0.4, 0.5) is 5.69 Å². The maximum Gasteiger partial charge on any atom is 0.270 e. The number of methoxy groups -OCH3 is 1. The highest BCUT2D eigenvalue weighted by Gasteiger charge is 2.33. The van der Waals surface area contributed by atoms with Gasteiger partial charge in [0.15, 0.2) is 4.32 Å². The van der Waals surface area contributed by atoms with Crippen LogP contribution < -0.4 is 9.64 Å². The minimum absolute atomic E-state index is 0.141. The molecule has 1 heterocycles. The van der Waals surface area contributed by atoms with Crippen molar-refractivity contribution in [2.45, 2.75) is 0 Å². The van der Waals surface area contributed by atoms with Crippen molar-refractivity contribution in [3.63, 3.8) is 0 Å². The molecule has 7 heteroatoms. The largest absolute Gasteiger partial charge is 0.496 e. The molecule has 1 fully saturated rings. The third-order valence-electron chi connectivity index (χ3n) is 3.33. The van der Waals surface area contributed by atoms with E-state index in [1.54, 1.807) is 25.3 Å². The number of amides is 1. The molecule has 122 valence electrons. The maximum atomic E-state index is 12.7. The summed E-state index contributed by atoms with van der Waals surface area (Å²) in [6.07, 6.45) is 1.84. The molecule has 2 aromatic carbocycles. The Labute approximate surface area is 168 Å². The zero-order chi connectivity index (χ0) is 17.3. The van der Waals surface area contributed by atoms with E-state index in [9.17, 15) is 4.79 Å². The van der Waals surface area contributed by atoms with Gasteiger partial charge in [-0.1, -0.05) is 47.7 Å². The first-order valence-electron chi connectivity index (χ1n) is 6.86. The van der Waals surface area contributed by atoms with Crippen molar-refractivity contribution >= 4 is 80.2 Å². The highest BCUT2D eigenvalue weighted by molar-refractivity contribution is 14.1. The highest BCUT2D eigenvalue weighted by Crippen LogP contribution is 2.37. The Hall–Kier alpha value is -1.09. The zero-order valence-electron chi connectivity index (χ0n) is 12.5. The fraction of sp³-hybridized carbons (Fsp3) is 0.0588. The average molecular weight is 488 g/mol. The Morgan fingerprint density at radius 3 is 2.75 bits per heavy atom. The van der Waals surface area contributed by atoms with E-state index in [1.807, 2.05) is 30.3 Å². The predicted molar refractivity (Wildman–Crippen MR) is 113 cm³/mol. The van der Waals surface area contributed by atoms with Gasteiger partial charge in [-0.3, -0.25) is 9.69 Å². The average Bonchev–Trinajstić information content (AvgIpc) is 2.81. The normalized spacial score (nSPS) is 16.1. The Kier molecular flexibility index (Phi) is 5.49. The van der Waals surface area contributed by atoms with Gasteiger partial charge in [0.05, 0.1) is 21.3 Å². The Bertz CT molecular complexity index is 869. The van der Waals surface area contributed by atoms with Crippen molar-refractivity contribution in [2.75, 3.05) is 12.0 Å². The summed E-state index contributed by atoms with van der Waals surface area (Å²) >= 11 is 14.9. The lowest BCUT2D eigenvalue weighted by molar-refractivity contribution is -0.113. The van der Waals surface area contributed by atoms with E-state index in [-0.39, 0.29) is 5.91 Å². The maximum absolute atomic E-state index is 12.7. The van der Waals surface area contributed by atoms with Gasteiger partial charge in [0.1, 0.15) is 5.75 Å². The lowest BCUT2D eigenvalue weighted by Crippen LogP contribution is -2.27. The number of carbonyl (C=O) groups is 1. The smallest absolute Gasteiger partial charge is 0.270 e. The molecule has 0 atom stereocenters. The molecular formula is C17H11ClINO2S2. The standard InChI is InChI=1S/C17H11ClINO2S2/c1-22-14-6-5-10(7-13(14)19)8-15-16(21)20(17(23)24-15)12-4-2-3-11(18)9-12/h2-9H,1H3/b15-8+. The molecular weight excluding hydrogens is 477 g/mol. The molecule has 0 aromatic heterocycles. The predicted octanol–water partition coefficient (Wildman–Crippen LogP) is 5.36. The number of benzene rings is 2. The summed E-state index contributed by atoms with van der Waals surface area (Å²) in [5, 5.41) is 0.565. The molecule has 0 N–H and O–H groups in total. The quantitative estimate of drug-likeness (QED) is 0.331. The SMILES string of the molecule is COc1ccc(/C=C2/SC(=S)N(c3cccc(Cl)c3)C2=O)cc1I. The molecule has 2 aromatic rings. The topological polar surface area (TPSA) is 29.5 Å². The van der Waals surface area contributed by atoms with Gasteiger partial charge in [-0.15, -0.1) is 0 Å². The van der Waals surface area contributed by atoms with Crippen LogP contribution in [-0.2, 0) is 4.79 Å². The third-order valence-corrected chi connectivity index (χ3v) is 5.71. The Morgan fingerprint density at radius 1 is 1.29 bits per heavy atom. The van der Waals surface area contributed by atoms with Crippen LogP contribution in [0.25, 0.3) is 6.08 Å². The summed E-state index contributed by atoms with van der Waals surface area (Å²) in [4.78, 5) is 14.8. The van der Waals surface area contributed by atoms with Crippen LogP contribution in [0.5, 0.6) is 5.75 Å². The van der Waals surface area contributed by atoms with Crippen LogP contribution in [0.15, 0.2) is 47.4 Å². The van der Waals surface area contributed by atoms with Crippen molar-refractivity contribution in [2.24, 2.45) is 0 Å². The fourth-order valence-electron chi connectivity index (χ4n) is 2.23. The molecule has 3 rings (SSSR count). The number of hydrogen-bond donors (Lipinski definition) is 0. The molecule has 0 unspecified atom stereocenters. The summed E-state index contributed by atoms with van der Waals surface area (Å²) in [6, 6.07) is 12.9. The number of hydrogen-bond acceptors (Lipinski definition) is 4. The molecule has 0 aliphatic carbocycles. The van der Waals surface area contributed by atoms with Crippen LogP contribution >= 0.6 is 58.2 Å². The number of thiocarbonyl (C=S) groups is 1. The van der Waals surface area contributed by atoms with Crippen LogP contribution in [0.1, 0.15) is 5.56 Å². The van der Waals surface area contributed by atoms with Crippen molar-refractivity contribution in [3.8, 4) is 5.75 Å². The summed E-state index contributed by atoms with van der Waals surface area (Å²) in [7, 11) is 1.63. The second kappa shape index (κ2) is 7.43. The van der Waals surface area contributed by atoms with Gasteiger partial charge in [-0.25, -0.2) is 0 Å². The van der Waals surface area contributed by atoms with Gasteiger partial charge in [0.2, 0.25) is 0 Å². The zero-order valence-corrected chi connectivity index (χ0v) is 17.0. The molecule has 1 aliphatic rings. The number of carbonyl (C=O) groups excluding carboxylic acids is 1. The number of ether oxygens (including phenoxy) is 1. The van der Waals surface area contributed by atoms with E-state index in [2.05, 4.69) is 22.6 Å². The van der Waals surface area contributed by atoms with Gasteiger partial charge in [-0.05, 0) is 64.6 Å². The lowest BCUT2D eigenvalue weighted by Gasteiger charge is -2.14. The van der Waals surface area contributed by atoms with Gasteiger partial charge in [0.25, 0.3) is 5.91 Å². The third kappa shape index (κ3) is 3.61. The molecule has 3 nitrogen and oxygen atoms in total. The summed E-state index contributed by atoms with van der Waals surface area (Å²) in [5.74, 6) is 0.664. The van der Waals surface area contributed by atoms with Gasteiger partial charge in [0, 0.05) is 5.02 Å². The first kappa shape index (κ1) is 17.7. The van der Waals surface area contributed by atoms with Gasteiger partial charge >= 0.3 is 0 Å². The second-order valence-electron chi connectivity index (χ2n) is 4.89. The summed E-state index contributed by atoms with van der Waals surface area (Å²) in [6.45, 7) is 0. The van der Waals surface area contributed by atoms with Gasteiger partial charge < -0.3 is 4.74 Å². The number of nitrogens with zero attached hydrogens (tertiary/aromatic N) is 1. The highest BCUT2D eigenvalue weighted by atomic mass is 127. The minimum atomic E-state index is -0.141. The molecule has 0 bridgehead atoms. The number of rotatable bonds is 3. The van der Waals surface area contributed by atoms with E-state index in [0.717, 1.165) is 14.9 Å². The summed E-state index contributed by atoms with van der Waals surface area (Å²) in [5.41, 5.74) is 1.60. The molecule has 0 radical (unpaired) electrons. The van der Waals surface area contributed by atoms with Gasteiger partial charge in [-0.2, -0.15) is 0 Å². The number of anilines is 1. The first-order chi connectivity index (χ1) is 11.5. The molecule has 0 saturated carbocycles. The van der Waals surface area contributed by atoms with Crippen molar-refractivity contribution in [1.82, 2.24) is 0 Å². The molecule has 1 aliphatic heterocycles. The fourth-order valence-corrected chi connectivity index (χ4v) is 4.47. The van der Waals surface area contributed by atoms with Crippen molar-refractivity contribution < 1.29 is 9.53 Å². The van der Waals surface area contributed by atoms with E-state index in [4.69, 9.17) is 28.6 Å². The van der Waals surface area contributed by atoms with E-state index < -0.39 is 0 Å². The number of thioether (sulfide) groups is 1. The monoisotopic (exact) mass is 487 g/mol. The first-order valence-corrected chi connectivity index (χ1v) is 9.55. The van der Waals surface area contributed by atoms with Crippen LogP contribution in [0.2, 0.25) is 5.02 Å². The Balaban J connectivity index is 1.92. The minimum Gasteiger partial charge on any atom is -0.496 e. The summed E-state index contributed by atoms with van der Waals surface area (Å²) < 4.78 is 6.73. The van der Waals surface area contributed by atoms with Crippen molar-refractivity contribution in [1.29, 1.82) is 0 Å². The van der Waals surface area contributed by atoms with E-state index >= 15 is 0 Å². The van der Waals surface area contributed by atoms with Crippen LogP contribution in [0.3, 0.4) is 0 Å². The molecule has 0 spiro atoms. The van der Waals surface area contributed by atoms with Crippen LogP contribution in [-0.4, -0.2) is 17.3 Å². The molecule has 24 heavy (non-hydrogen) atoms. The number of halogens is 2.